The van der Waals surface area contributed by atoms with Crippen LogP contribution < -0.4 is 15.0 Å². The summed E-state index contributed by atoms with van der Waals surface area (Å²) in [6.07, 6.45) is 0.468. The summed E-state index contributed by atoms with van der Waals surface area (Å²) >= 11 is 0. The molecule has 1 aromatic rings. The summed E-state index contributed by atoms with van der Waals surface area (Å²) in [5, 5.41) is 3.28. The van der Waals surface area contributed by atoms with Crippen molar-refractivity contribution >= 4 is 11.6 Å². The van der Waals surface area contributed by atoms with E-state index in [9.17, 15) is 4.79 Å². The zero-order chi connectivity index (χ0) is 17.9. The minimum atomic E-state index is -0.117. The molecular formula is C19H29N3O3. The third-order valence-electron chi connectivity index (χ3n) is 5.05. The molecule has 6 nitrogen and oxygen atoms in total. The highest BCUT2D eigenvalue weighted by Crippen LogP contribution is 2.29. The van der Waals surface area contributed by atoms with E-state index in [1.54, 1.807) is 7.11 Å². The van der Waals surface area contributed by atoms with E-state index in [2.05, 4.69) is 36.2 Å². The lowest BCUT2D eigenvalue weighted by Crippen LogP contribution is -2.61. The van der Waals surface area contributed by atoms with Crippen molar-refractivity contribution < 1.29 is 14.3 Å². The topological polar surface area (TPSA) is 54.0 Å². The largest absolute Gasteiger partial charge is 0.497 e. The Balaban J connectivity index is 1.61. The summed E-state index contributed by atoms with van der Waals surface area (Å²) in [4.78, 5) is 17.0. The Morgan fingerprint density at radius 2 is 2.08 bits per heavy atom. The van der Waals surface area contributed by atoms with Gasteiger partial charge in [-0.25, -0.2) is 0 Å². The van der Waals surface area contributed by atoms with Gasteiger partial charge in [0.15, 0.2) is 0 Å². The zero-order valence-corrected chi connectivity index (χ0v) is 15.5. The SMILES string of the molecule is COc1ccc(N2CCN(C(=O)CC3CNCCO3)CC2(C)C)cc1. The van der Waals surface area contributed by atoms with Crippen LogP contribution in [0.1, 0.15) is 20.3 Å². The van der Waals surface area contributed by atoms with Crippen LogP contribution in [0, 0.1) is 0 Å². The highest BCUT2D eigenvalue weighted by molar-refractivity contribution is 5.77. The smallest absolute Gasteiger partial charge is 0.225 e. The quantitative estimate of drug-likeness (QED) is 0.895. The number of carbonyl (C=O) groups excluding carboxylic acids is 1. The monoisotopic (exact) mass is 347 g/mol. The number of hydrogen-bond donors (Lipinski definition) is 1. The van der Waals surface area contributed by atoms with Crippen molar-refractivity contribution in [1.29, 1.82) is 0 Å². The van der Waals surface area contributed by atoms with Gasteiger partial charge in [0.2, 0.25) is 5.91 Å². The summed E-state index contributed by atoms with van der Waals surface area (Å²) in [7, 11) is 1.68. The van der Waals surface area contributed by atoms with E-state index < -0.39 is 0 Å². The Hall–Kier alpha value is -1.79. The first-order valence-electron chi connectivity index (χ1n) is 9.01. The van der Waals surface area contributed by atoms with E-state index in [4.69, 9.17) is 9.47 Å². The van der Waals surface area contributed by atoms with Crippen LogP contribution in [0.3, 0.4) is 0 Å². The predicted octanol–water partition coefficient (Wildman–Crippen LogP) is 1.50. The van der Waals surface area contributed by atoms with Gasteiger partial charge in [0, 0.05) is 38.4 Å². The van der Waals surface area contributed by atoms with Gasteiger partial charge in [-0.2, -0.15) is 0 Å². The standard InChI is InChI=1S/C19H29N3O3/c1-19(2)14-21(18(23)12-17-13-20-8-11-25-17)9-10-22(19)15-4-6-16(24-3)7-5-15/h4-7,17,20H,8-14H2,1-3H3. The summed E-state index contributed by atoms with van der Waals surface area (Å²) in [5.74, 6) is 1.05. The minimum Gasteiger partial charge on any atom is -0.497 e. The molecule has 0 saturated carbocycles. The summed E-state index contributed by atoms with van der Waals surface area (Å²) in [6.45, 7) is 9.00. The fraction of sp³-hybridized carbons (Fsp3) is 0.632. The maximum Gasteiger partial charge on any atom is 0.225 e. The molecule has 2 aliphatic heterocycles. The molecule has 2 heterocycles. The number of carbonyl (C=O) groups is 1. The Morgan fingerprint density at radius 1 is 1.32 bits per heavy atom. The Kier molecular flexibility index (Phi) is 5.49. The van der Waals surface area contributed by atoms with E-state index in [-0.39, 0.29) is 17.6 Å². The number of morpholine rings is 1. The van der Waals surface area contributed by atoms with Gasteiger partial charge in [-0.1, -0.05) is 0 Å². The van der Waals surface area contributed by atoms with Crippen LogP contribution in [-0.2, 0) is 9.53 Å². The van der Waals surface area contributed by atoms with Crippen LogP contribution in [0.25, 0.3) is 0 Å². The van der Waals surface area contributed by atoms with Gasteiger partial charge in [-0.05, 0) is 38.1 Å². The molecule has 0 aromatic heterocycles. The zero-order valence-electron chi connectivity index (χ0n) is 15.5. The molecule has 25 heavy (non-hydrogen) atoms. The van der Waals surface area contributed by atoms with E-state index in [1.807, 2.05) is 17.0 Å². The number of anilines is 1. The van der Waals surface area contributed by atoms with Crippen LogP contribution in [0.2, 0.25) is 0 Å². The van der Waals surface area contributed by atoms with Crippen LogP contribution in [-0.4, -0.2) is 68.9 Å². The number of nitrogens with zero attached hydrogens (tertiary/aromatic N) is 2. The van der Waals surface area contributed by atoms with Gasteiger partial charge < -0.3 is 24.6 Å². The van der Waals surface area contributed by atoms with Crippen molar-refractivity contribution in [1.82, 2.24) is 10.2 Å². The number of benzene rings is 1. The number of nitrogens with one attached hydrogen (secondary N) is 1. The molecule has 1 atom stereocenters. The molecule has 1 N–H and O–H groups in total. The number of piperazine rings is 1. The van der Waals surface area contributed by atoms with Gasteiger partial charge in [-0.15, -0.1) is 0 Å². The van der Waals surface area contributed by atoms with Gasteiger partial charge >= 0.3 is 0 Å². The maximum atomic E-state index is 12.7. The first kappa shape index (κ1) is 18.0. The average Bonchev–Trinajstić information content (AvgIpc) is 2.62. The molecular weight excluding hydrogens is 318 g/mol. The fourth-order valence-corrected chi connectivity index (χ4v) is 3.68. The van der Waals surface area contributed by atoms with E-state index in [0.29, 0.717) is 13.0 Å². The molecule has 1 unspecified atom stereocenters. The average molecular weight is 347 g/mol. The molecule has 0 bridgehead atoms. The number of hydrogen-bond acceptors (Lipinski definition) is 5. The normalized spacial score (nSPS) is 23.4. The number of amides is 1. The van der Waals surface area contributed by atoms with E-state index in [1.165, 1.54) is 0 Å². The second-order valence-corrected chi connectivity index (χ2v) is 7.38. The van der Waals surface area contributed by atoms with Gasteiger partial charge in [0.25, 0.3) is 0 Å². The molecule has 2 saturated heterocycles. The van der Waals surface area contributed by atoms with Gasteiger partial charge in [0.05, 0.1) is 31.8 Å². The van der Waals surface area contributed by atoms with Crippen LogP contribution in [0.5, 0.6) is 5.75 Å². The Bertz CT molecular complexity index is 582. The first-order valence-corrected chi connectivity index (χ1v) is 9.01. The lowest BCUT2D eigenvalue weighted by Gasteiger charge is -2.48. The molecule has 0 spiro atoms. The highest BCUT2D eigenvalue weighted by atomic mass is 16.5. The molecule has 1 aromatic carbocycles. The van der Waals surface area contributed by atoms with E-state index >= 15 is 0 Å². The van der Waals surface area contributed by atoms with Crippen molar-refractivity contribution in [3.8, 4) is 5.75 Å². The number of methoxy groups -OCH3 is 1. The molecule has 2 aliphatic rings. The summed E-state index contributed by atoms with van der Waals surface area (Å²) in [6, 6.07) is 8.13. The molecule has 2 fully saturated rings. The van der Waals surface area contributed by atoms with Crippen molar-refractivity contribution in [3.63, 3.8) is 0 Å². The molecule has 138 valence electrons. The highest BCUT2D eigenvalue weighted by Gasteiger charge is 2.36. The Morgan fingerprint density at radius 3 is 2.68 bits per heavy atom. The molecule has 0 aliphatic carbocycles. The Labute approximate surface area is 150 Å². The second-order valence-electron chi connectivity index (χ2n) is 7.38. The third-order valence-corrected chi connectivity index (χ3v) is 5.05. The molecule has 3 rings (SSSR count). The van der Waals surface area contributed by atoms with Crippen molar-refractivity contribution in [2.75, 3.05) is 51.3 Å². The first-order chi connectivity index (χ1) is 12.0. The van der Waals surface area contributed by atoms with Gasteiger partial charge in [-0.3, -0.25) is 4.79 Å². The lowest BCUT2D eigenvalue weighted by molar-refractivity contribution is -0.136. The van der Waals surface area contributed by atoms with Crippen molar-refractivity contribution in [3.05, 3.63) is 24.3 Å². The number of rotatable bonds is 4. The lowest BCUT2D eigenvalue weighted by atomic mass is 9.97. The van der Waals surface area contributed by atoms with Crippen LogP contribution in [0.15, 0.2) is 24.3 Å². The molecule has 6 heteroatoms. The van der Waals surface area contributed by atoms with Crippen LogP contribution in [0.4, 0.5) is 5.69 Å². The molecule has 1 amide bonds. The fourth-order valence-electron chi connectivity index (χ4n) is 3.68. The van der Waals surface area contributed by atoms with Gasteiger partial charge in [0.1, 0.15) is 5.75 Å². The summed E-state index contributed by atoms with van der Waals surface area (Å²) < 4.78 is 10.9. The predicted molar refractivity (Wildman–Crippen MR) is 98.2 cm³/mol. The van der Waals surface area contributed by atoms with Crippen LogP contribution >= 0.6 is 0 Å². The minimum absolute atomic E-state index is 0.00369. The second kappa shape index (κ2) is 7.62. The van der Waals surface area contributed by atoms with Crippen molar-refractivity contribution in [2.24, 2.45) is 0 Å². The van der Waals surface area contributed by atoms with E-state index in [0.717, 1.165) is 44.2 Å². The molecule has 0 radical (unpaired) electrons. The maximum absolute atomic E-state index is 12.7. The number of ether oxygens (including phenoxy) is 2. The van der Waals surface area contributed by atoms with Crippen molar-refractivity contribution in [2.45, 2.75) is 31.9 Å². The third kappa shape index (κ3) is 4.25. The summed E-state index contributed by atoms with van der Waals surface area (Å²) in [5.41, 5.74) is 1.05.